The van der Waals surface area contributed by atoms with E-state index in [9.17, 15) is 18.0 Å². The molecule has 2 N–H and O–H groups in total. The normalized spacial score (nSPS) is 18.6. The molecule has 1 aromatic rings. The molecule has 1 unspecified atom stereocenters. The van der Waals surface area contributed by atoms with Crippen molar-refractivity contribution in [2.45, 2.75) is 12.5 Å². The highest BCUT2D eigenvalue weighted by Crippen LogP contribution is 2.13. The van der Waals surface area contributed by atoms with E-state index in [1.165, 1.54) is 0 Å². The Bertz CT molecular complexity index is 615. The van der Waals surface area contributed by atoms with E-state index in [2.05, 4.69) is 9.60 Å². The van der Waals surface area contributed by atoms with E-state index in [0.29, 0.717) is 5.06 Å². The molecule has 2 amide bonds. The molecule has 8 nitrogen and oxygen atoms in total. The number of carbonyl (C=O) groups excluding carboxylic acids is 2. The first-order valence-electron chi connectivity index (χ1n) is 5.67. The third-order valence-electron chi connectivity index (χ3n) is 2.62. The highest BCUT2D eigenvalue weighted by Gasteiger charge is 2.41. The average molecular weight is 300 g/mol. The quantitative estimate of drug-likeness (QED) is 0.548. The second-order valence-electron chi connectivity index (χ2n) is 4.18. The van der Waals surface area contributed by atoms with Crippen molar-refractivity contribution < 1.29 is 26.8 Å². The minimum Gasteiger partial charge on any atom is -0.342 e. The van der Waals surface area contributed by atoms with Crippen molar-refractivity contribution in [3.8, 4) is 0 Å². The highest BCUT2D eigenvalue weighted by molar-refractivity contribution is 7.80. The molecule has 2 rings (SSSR count). The maximum absolute atomic E-state index is 11.7. The van der Waals surface area contributed by atoms with Crippen LogP contribution in [0.2, 0.25) is 0 Å². The van der Waals surface area contributed by atoms with E-state index >= 15 is 0 Å². The smallest absolute Gasteiger partial charge is 0.342 e. The van der Waals surface area contributed by atoms with Gasteiger partial charge in [-0.25, -0.2) is 0 Å². The third kappa shape index (κ3) is 3.76. The zero-order valence-electron chi connectivity index (χ0n) is 10.2. The summed E-state index contributed by atoms with van der Waals surface area (Å²) in [7, 11) is -4.73. The summed E-state index contributed by atoms with van der Waals surface area (Å²) in [5, 5.41) is 2.90. The van der Waals surface area contributed by atoms with Crippen LogP contribution in [0.4, 0.5) is 0 Å². The zero-order chi connectivity index (χ0) is 14.8. The summed E-state index contributed by atoms with van der Waals surface area (Å²) < 4.78 is 33.2. The van der Waals surface area contributed by atoms with Crippen molar-refractivity contribution in [3.63, 3.8) is 0 Å². The zero-order valence-corrected chi connectivity index (χ0v) is 11.0. The molecule has 0 aliphatic carbocycles. The Kier molecular flexibility index (Phi) is 4.02. The van der Waals surface area contributed by atoms with Crippen LogP contribution in [0.25, 0.3) is 0 Å². The molecule has 9 heteroatoms. The minimum absolute atomic E-state index is 0.115. The molecule has 0 bridgehead atoms. The SMILES string of the molecule is O=C(Cc1ccccc1)NC1CN(OS(=O)(=O)O)C1=O. The van der Waals surface area contributed by atoms with Gasteiger partial charge in [0.15, 0.2) is 0 Å². The van der Waals surface area contributed by atoms with E-state index in [-0.39, 0.29) is 18.9 Å². The first-order chi connectivity index (χ1) is 9.35. The van der Waals surface area contributed by atoms with Crippen LogP contribution in [0.1, 0.15) is 5.56 Å². The Hall–Kier alpha value is -1.97. The number of benzene rings is 1. The summed E-state index contributed by atoms with van der Waals surface area (Å²) in [5.41, 5.74) is 0.794. The molecule has 1 fully saturated rings. The van der Waals surface area contributed by atoms with Gasteiger partial charge in [0.1, 0.15) is 6.04 Å². The molecule has 0 aromatic heterocycles. The number of hydrogen-bond donors (Lipinski definition) is 2. The number of β-lactam (4-membered cyclic amide) rings is 1. The molecule has 1 saturated heterocycles. The summed E-state index contributed by atoms with van der Waals surface area (Å²) in [6, 6.07) is 8.11. The molecule has 1 aliphatic rings. The lowest BCUT2D eigenvalue weighted by molar-refractivity contribution is -0.182. The first kappa shape index (κ1) is 14.4. The number of hydrogen-bond acceptors (Lipinski definition) is 5. The molecule has 1 aromatic carbocycles. The van der Waals surface area contributed by atoms with Crippen molar-refractivity contribution in [3.05, 3.63) is 35.9 Å². The fourth-order valence-corrected chi connectivity index (χ4v) is 2.07. The number of nitrogens with zero attached hydrogens (tertiary/aromatic N) is 1. The van der Waals surface area contributed by atoms with Crippen LogP contribution in [0.15, 0.2) is 30.3 Å². The van der Waals surface area contributed by atoms with Crippen LogP contribution in [0.5, 0.6) is 0 Å². The summed E-state index contributed by atoms with van der Waals surface area (Å²) in [6.07, 6.45) is 0.115. The molecule has 1 aliphatic heterocycles. The fourth-order valence-electron chi connectivity index (χ4n) is 1.71. The van der Waals surface area contributed by atoms with E-state index in [1.54, 1.807) is 24.3 Å². The molecule has 1 atom stereocenters. The molecule has 108 valence electrons. The molecule has 20 heavy (non-hydrogen) atoms. The van der Waals surface area contributed by atoms with Gasteiger partial charge in [0, 0.05) is 0 Å². The van der Waals surface area contributed by atoms with Gasteiger partial charge >= 0.3 is 10.4 Å². The van der Waals surface area contributed by atoms with Gasteiger partial charge in [0.2, 0.25) is 5.91 Å². The van der Waals surface area contributed by atoms with Crippen LogP contribution in [0.3, 0.4) is 0 Å². The Balaban J connectivity index is 1.81. The van der Waals surface area contributed by atoms with Gasteiger partial charge in [0.05, 0.1) is 13.0 Å². The lowest BCUT2D eigenvalue weighted by atomic mass is 10.1. The van der Waals surface area contributed by atoms with Gasteiger partial charge in [-0.05, 0) is 5.56 Å². The maximum atomic E-state index is 11.7. The first-order valence-corrected chi connectivity index (χ1v) is 7.03. The van der Waals surface area contributed by atoms with Crippen molar-refractivity contribution in [2.24, 2.45) is 0 Å². The van der Waals surface area contributed by atoms with E-state index in [4.69, 9.17) is 4.55 Å². The van der Waals surface area contributed by atoms with Gasteiger partial charge in [-0.1, -0.05) is 30.3 Å². The molecular formula is C11H12N2O6S. The highest BCUT2D eigenvalue weighted by atomic mass is 32.3. The molecule has 0 radical (unpaired) electrons. The molecular weight excluding hydrogens is 288 g/mol. The van der Waals surface area contributed by atoms with Gasteiger partial charge in [-0.3, -0.25) is 14.1 Å². The Morgan fingerprint density at radius 3 is 2.60 bits per heavy atom. The van der Waals surface area contributed by atoms with Gasteiger partial charge < -0.3 is 5.32 Å². The topological polar surface area (TPSA) is 113 Å². The predicted octanol–water partition coefficient (Wildman–Crippen LogP) is -0.709. The van der Waals surface area contributed by atoms with Crippen LogP contribution < -0.4 is 5.32 Å². The Morgan fingerprint density at radius 1 is 1.40 bits per heavy atom. The second kappa shape index (κ2) is 5.57. The van der Waals surface area contributed by atoms with E-state index in [0.717, 1.165) is 5.56 Å². The van der Waals surface area contributed by atoms with Crippen molar-refractivity contribution in [2.75, 3.05) is 6.54 Å². The Morgan fingerprint density at radius 2 is 2.05 bits per heavy atom. The fraction of sp³-hybridized carbons (Fsp3) is 0.273. The minimum atomic E-state index is -4.73. The number of amides is 2. The third-order valence-corrected chi connectivity index (χ3v) is 2.99. The summed E-state index contributed by atoms with van der Waals surface area (Å²) in [4.78, 5) is 23.1. The van der Waals surface area contributed by atoms with Gasteiger partial charge in [-0.15, -0.1) is 4.28 Å². The summed E-state index contributed by atoms with van der Waals surface area (Å²) in [6.45, 7) is -0.140. The number of hydroxylamine groups is 2. The average Bonchev–Trinajstić information content (AvgIpc) is 2.37. The van der Waals surface area contributed by atoms with Crippen LogP contribution in [0, 0.1) is 0 Å². The lowest BCUT2D eigenvalue weighted by Gasteiger charge is -2.35. The number of rotatable bonds is 5. The van der Waals surface area contributed by atoms with E-state index < -0.39 is 22.3 Å². The van der Waals surface area contributed by atoms with Crippen molar-refractivity contribution in [1.82, 2.24) is 10.4 Å². The standard InChI is InChI=1S/C11H12N2O6S/c14-10(6-8-4-2-1-3-5-8)12-9-7-13(11(9)15)19-20(16,17)18/h1-5,9H,6-7H2,(H,12,14)(H,16,17,18). The van der Waals surface area contributed by atoms with Gasteiger partial charge in [-0.2, -0.15) is 13.5 Å². The van der Waals surface area contributed by atoms with Crippen LogP contribution in [-0.2, 0) is 30.7 Å². The summed E-state index contributed by atoms with van der Waals surface area (Å²) in [5.74, 6) is -1.09. The number of nitrogens with one attached hydrogen (secondary N) is 1. The Labute approximate surface area is 115 Å². The summed E-state index contributed by atoms with van der Waals surface area (Å²) >= 11 is 0. The number of carbonyl (C=O) groups is 2. The lowest BCUT2D eigenvalue weighted by Crippen LogP contribution is -2.64. The molecule has 0 saturated carbocycles. The maximum Gasteiger partial charge on any atom is 0.418 e. The second-order valence-corrected chi connectivity index (χ2v) is 5.19. The van der Waals surface area contributed by atoms with Crippen molar-refractivity contribution >= 4 is 22.2 Å². The van der Waals surface area contributed by atoms with Crippen LogP contribution >= 0.6 is 0 Å². The van der Waals surface area contributed by atoms with E-state index in [1.807, 2.05) is 6.07 Å². The largest absolute Gasteiger partial charge is 0.418 e. The van der Waals surface area contributed by atoms with Crippen molar-refractivity contribution in [1.29, 1.82) is 0 Å². The van der Waals surface area contributed by atoms with Crippen LogP contribution in [-0.4, -0.2) is 42.4 Å². The monoisotopic (exact) mass is 300 g/mol. The molecule has 0 spiro atoms. The molecule has 1 heterocycles. The van der Waals surface area contributed by atoms with Gasteiger partial charge in [0.25, 0.3) is 5.91 Å². The predicted molar refractivity (Wildman–Crippen MR) is 66.4 cm³/mol.